The molecule has 3 saturated carbocycles. The quantitative estimate of drug-likeness (QED) is 0.607. The number of carbonyl (C=O) groups excluding carboxylic acids is 3. The molecule has 1 unspecified atom stereocenters. The van der Waals surface area contributed by atoms with E-state index in [1.807, 2.05) is 0 Å². The van der Waals surface area contributed by atoms with E-state index in [1.165, 1.54) is 0 Å². The van der Waals surface area contributed by atoms with E-state index in [-0.39, 0.29) is 28.5 Å². The highest BCUT2D eigenvalue weighted by Crippen LogP contribution is 2.66. The number of carbonyl (C=O) groups is 3. The first kappa shape index (κ1) is 20.8. The fourth-order valence-corrected chi connectivity index (χ4v) is 7.44. The largest absolute Gasteiger partial charge is 0.423 e. The van der Waals surface area contributed by atoms with Crippen molar-refractivity contribution in [2.24, 2.45) is 40.4 Å². The first-order valence-electron chi connectivity index (χ1n) is 11.6. The van der Waals surface area contributed by atoms with Crippen LogP contribution in [0, 0.1) is 40.4 Å². The van der Waals surface area contributed by atoms with Crippen molar-refractivity contribution in [2.75, 3.05) is 0 Å². The Kier molecular flexibility index (Phi) is 5.07. The van der Waals surface area contributed by atoms with Gasteiger partial charge in [0.1, 0.15) is 5.78 Å². The topological polar surface area (TPSA) is 60.4 Å². The summed E-state index contributed by atoms with van der Waals surface area (Å²) in [5.74, 6) is 2.26. The zero-order valence-corrected chi connectivity index (χ0v) is 18.7. The van der Waals surface area contributed by atoms with E-state index in [9.17, 15) is 14.4 Å². The van der Waals surface area contributed by atoms with Crippen LogP contribution in [0.25, 0.3) is 0 Å². The molecule has 0 aliphatic heterocycles. The van der Waals surface area contributed by atoms with Gasteiger partial charge in [0.05, 0.1) is 5.92 Å². The standard InChI is InChI=1S/C25H36O4/c1-6-15-13-20(27)25(5)11-9-17-16(21(15)25)7-8-18-22(29-23(28)14(2)3)19(26)10-12-24(17,18)4/h14-17,21H,6-13H2,1-5H3/t15?,16-,17-,21+,24-,25-/m1/s1. The number of fused-ring (bicyclic) bond motifs is 5. The third kappa shape index (κ3) is 2.96. The van der Waals surface area contributed by atoms with Gasteiger partial charge in [-0.2, -0.15) is 0 Å². The molecule has 0 bridgehead atoms. The Bertz CT molecular complexity index is 778. The fraction of sp³-hybridized carbons (Fsp3) is 0.800. The van der Waals surface area contributed by atoms with Gasteiger partial charge in [-0.05, 0) is 66.8 Å². The van der Waals surface area contributed by atoms with Gasteiger partial charge >= 0.3 is 5.97 Å². The van der Waals surface area contributed by atoms with Gasteiger partial charge in [-0.3, -0.25) is 14.4 Å². The molecule has 0 aromatic heterocycles. The zero-order valence-electron chi connectivity index (χ0n) is 18.7. The van der Waals surface area contributed by atoms with Crippen LogP contribution in [0.3, 0.4) is 0 Å². The number of hydrogen-bond donors (Lipinski definition) is 0. The molecule has 0 N–H and O–H groups in total. The van der Waals surface area contributed by atoms with Crippen molar-refractivity contribution in [2.45, 2.75) is 86.0 Å². The summed E-state index contributed by atoms with van der Waals surface area (Å²) in [6.07, 6.45) is 6.96. The van der Waals surface area contributed by atoms with Gasteiger partial charge in [-0.1, -0.05) is 41.0 Å². The lowest BCUT2D eigenvalue weighted by Gasteiger charge is -2.57. The second-order valence-corrected chi connectivity index (χ2v) is 10.8. The van der Waals surface area contributed by atoms with Crippen molar-refractivity contribution >= 4 is 17.5 Å². The average Bonchev–Trinajstić information content (AvgIpc) is 2.94. The molecular formula is C25H36O4. The fourth-order valence-electron chi connectivity index (χ4n) is 7.44. The zero-order chi connectivity index (χ0) is 21.1. The number of rotatable bonds is 3. The van der Waals surface area contributed by atoms with E-state index < -0.39 is 0 Å². The van der Waals surface area contributed by atoms with Gasteiger partial charge in [-0.25, -0.2) is 0 Å². The first-order valence-corrected chi connectivity index (χ1v) is 11.6. The summed E-state index contributed by atoms with van der Waals surface area (Å²) in [5, 5.41) is 0. The van der Waals surface area contributed by atoms with Crippen molar-refractivity contribution in [3.63, 3.8) is 0 Å². The van der Waals surface area contributed by atoms with Gasteiger partial charge in [0, 0.05) is 18.3 Å². The monoisotopic (exact) mass is 400 g/mol. The van der Waals surface area contributed by atoms with Crippen LogP contribution in [0.15, 0.2) is 11.3 Å². The normalized spacial score (nSPS) is 41.9. The summed E-state index contributed by atoms with van der Waals surface area (Å²) >= 11 is 0. The van der Waals surface area contributed by atoms with E-state index in [0.717, 1.165) is 50.5 Å². The molecule has 4 heteroatoms. The predicted octanol–water partition coefficient (Wildman–Crippen LogP) is 5.25. The molecule has 3 fully saturated rings. The molecule has 4 nitrogen and oxygen atoms in total. The maximum absolute atomic E-state index is 12.9. The Balaban J connectivity index is 1.71. The SMILES string of the molecule is CCC1CC(=O)[C@@]2(C)CC[C@@H]3[C@@H](CCC4=C(OC(=O)C(C)C)C(=O)CC[C@@]43C)[C@H]12. The Morgan fingerprint density at radius 2 is 1.83 bits per heavy atom. The minimum Gasteiger partial charge on any atom is -0.423 e. The van der Waals surface area contributed by atoms with Crippen LogP contribution in [0.4, 0.5) is 0 Å². The highest BCUT2D eigenvalue weighted by molar-refractivity contribution is 5.97. The summed E-state index contributed by atoms with van der Waals surface area (Å²) in [4.78, 5) is 37.9. The highest BCUT2D eigenvalue weighted by atomic mass is 16.5. The van der Waals surface area contributed by atoms with E-state index in [1.54, 1.807) is 13.8 Å². The molecule has 0 aromatic carbocycles. The van der Waals surface area contributed by atoms with Crippen LogP contribution in [-0.4, -0.2) is 17.5 Å². The third-order valence-electron chi connectivity index (χ3n) is 9.11. The van der Waals surface area contributed by atoms with Gasteiger partial charge < -0.3 is 4.74 Å². The lowest BCUT2D eigenvalue weighted by atomic mass is 9.46. The predicted molar refractivity (Wildman–Crippen MR) is 111 cm³/mol. The van der Waals surface area contributed by atoms with Gasteiger partial charge in [0.15, 0.2) is 11.5 Å². The average molecular weight is 401 g/mol. The molecule has 0 spiro atoms. The number of allylic oxidation sites excluding steroid dienone is 1. The Morgan fingerprint density at radius 3 is 2.48 bits per heavy atom. The van der Waals surface area contributed by atoms with Crippen molar-refractivity contribution in [3.05, 3.63) is 11.3 Å². The maximum Gasteiger partial charge on any atom is 0.313 e. The maximum atomic E-state index is 12.9. The number of esters is 1. The second-order valence-electron chi connectivity index (χ2n) is 10.8. The van der Waals surface area contributed by atoms with Crippen LogP contribution < -0.4 is 0 Å². The molecule has 4 aliphatic carbocycles. The Morgan fingerprint density at radius 1 is 1.10 bits per heavy atom. The molecule has 29 heavy (non-hydrogen) atoms. The highest BCUT2D eigenvalue weighted by Gasteiger charge is 2.62. The molecule has 4 rings (SSSR count). The molecule has 0 radical (unpaired) electrons. The molecule has 0 heterocycles. The van der Waals surface area contributed by atoms with Crippen molar-refractivity contribution in [1.82, 2.24) is 0 Å². The summed E-state index contributed by atoms with van der Waals surface area (Å²) < 4.78 is 5.68. The van der Waals surface area contributed by atoms with Crippen LogP contribution in [-0.2, 0) is 19.1 Å². The van der Waals surface area contributed by atoms with Crippen LogP contribution >= 0.6 is 0 Å². The van der Waals surface area contributed by atoms with E-state index in [0.29, 0.717) is 41.6 Å². The molecule has 0 aromatic rings. The molecule has 6 atom stereocenters. The summed E-state index contributed by atoms with van der Waals surface area (Å²) in [6, 6.07) is 0. The molecule has 160 valence electrons. The van der Waals surface area contributed by atoms with Crippen LogP contribution in [0.5, 0.6) is 0 Å². The van der Waals surface area contributed by atoms with Crippen molar-refractivity contribution in [1.29, 1.82) is 0 Å². The van der Waals surface area contributed by atoms with Gasteiger partial charge in [0.25, 0.3) is 0 Å². The Labute approximate surface area is 174 Å². The third-order valence-corrected chi connectivity index (χ3v) is 9.11. The molecule has 0 amide bonds. The number of hydrogen-bond acceptors (Lipinski definition) is 4. The summed E-state index contributed by atoms with van der Waals surface area (Å²) in [5.41, 5.74) is 0.843. The minimum atomic E-state index is -0.309. The van der Waals surface area contributed by atoms with Crippen LogP contribution in [0.2, 0.25) is 0 Å². The van der Waals surface area contributed by atoms with Gasteiger partial charge in [-0.15, -0.1) is 0 Å². The number of ketones is 2. The number of Topliss-reactive ketones (excluding diaryl/α,β-unsaturated/α-hetero) is 2. The molecule has 4 aliphatic rings. The first-order chi connectivity index (χ1) is 13.6. The minimum absolute atomic E-state index is 0.00643. The van der Waals surface area contributed by atoms with E-state index >= 15 is 0 Å². The number of ether oxygens (including phenoxy) is 1. The van der Waals surface area contributed by atoms with Gasteiger partial charge in [0.2, 0.25) is 0 Å². The second kappa shape index (κ2) is 7.06. The van der Waals surface area contributed by atoms with E-state index in [4.69, 9.17) is 4.74 Å². The smallest absolute Gasteiger partial charge is 0.313 e. The van der Waals surface area contributed by atoms with Crippen molar-refractivity contribution < 1.29 is 19.1 Å². The lowest BCUT2D eigenvalue weighted by molar-refractivity contribution is -0.147. The molecule has 0 saturated heterocycles. The van der Waals surface area contributed by atoms with Crippen LogP contribution in [0.1, 0.15) is 86.0 Å². The summed E-state index contributed by atoms with van der Waals surface area (Å²) in [6.45, 7) is 10.4. The lowest BCUT2D eigenvalue weighted by Crippen LogP contribution is -2.52. The summed E-state index contributed by atoms with van der Waals surface area (Å²) in [7, 11) is 0. The Hall–Kier alpha value is -1.45. The molecular weight excluding hydrogens is 364 g/mol. The van der Waals surface area contributed by atoms with E-state index in [2.05, 4.69) is 20.8 Å². The van der Waals surface area contributed by atoms with Crippen molar-refractivity contribution in [3.8, 4) is 0 Å².